The molecule has 0 aromatic rings. The third-order valence-electron chi connectivity index (χ3n) is 11.3. The molecule has 2 aliphatic carbocycles. The molecule has 0 aromatic carbocycles. The molecule has 2 aliphatic rings. The molecule has 1 unspecified atom stereocenters. The average molecular weight is 535 g/mol. The second kappa shape index (κ2) is 13.0. The highest BCUT2D eigenvalue weighted by Crippen LogP contribution is 2.67. The van der Waals surface area contributed by atoms with Crippen LogP contribution in [0, 0.1) is 39.9 Å². The number of ketones is 1. The monoisotopic (exact) mass is 534 g/mol. The highest BCUT2D eigenvalue weighted by molar-refractivity contribution is 5.83. The first-order valence-electron chi connectivity index (χ1n) is 15.0. The van der Waals surface area contributed by atoms with Gasteiger partial charge in [-0.1, -0.05) is 60.1 Å². The Labute approximate surface area is 233 Å². The van der Waals surface area contributed by atoms with Crippen LogP contribution in [0.15, 0.2) is 12.2 Å². The van der Waals surface area contributed by atoms with Crippen molar-refractivity contribution in [2.75, 3.05) is 20.7 Å². The summed E-state index contributed by atoms with van der Waals surface area (Å²) >= 11 is 0. The summed E-state index contributed by atoms with van der Waals surface area (Å²) < 4.78 is 0. The molecule has 2 fully saturated rings. The van der Waals surface area contributed by atoms with E-state index in [4.69, 9.17) is 0 Å². The highest BCUT2D eigenvalue weighted by atomic mass is 16.3. The summed E-state index contributed by atoms with van der Waals surface area (Å²) in [4.78, 5) is 28.4. The molecule has 0 spiro atoms. The van der Waals surface area contributed by atoms with Crippen molar-refractivity contribution in [2.24, 2.45) is 39.9 Å². The molecule has 2 rings (SSSR count). The number of amides is 1. The molecule has 0 saturated heterocycles. The van der Waals surface area contributed by atoms with Gasteiger partial charge < -0.3 is 20.4 Å². The van der Waals surface area contributed by atoms with E-state index in [1.54, 1.807) is 0 Å². The maximum Gasteiger partial charge on any atom is 0.223 e. The quantitative estimate of drug-likeness (QED) is 0.282. The number of fused-ring (bicyclic) bond motifs is 1. The second-order valence-electron chi connectivity index (χ2n) is 13.8. The summed E-state index contributed by atoms with van der Waals surface area (Å²) in [5.41, 5.74) is -0.866. The van der Waals surface area contributed by atoms with Gasteiger partial charge >= 0.3 is 0 Å². The summed E-state index contributed by atoms with van der Waals surface area (Å²) in [7, 11) is 4.11. The molecule has 0 radical (unpaired) electrons. The predicted molar refractivity (Wildman–Crippen MR) is 156 cm³/mol. The van der Waals surface area contributed by atoms with Crippen LogP contribution in [0.25, 0.3) is 0 Å². The van der Waals surface area contributed by atoms with Crippen molar-refractivity contribution in [3.8, 4) is 0 Å². The first-order chi connectivity index (χ1) is 17.6. The van der Waals surface area contributed by atoms with Crippen molar-refractivity contribution >= 4 is 11.7 Å². The highest BCUT2D eigenvalue weighted by Gasteiger charge is 2.66. The summed E-state index contributed by atoms with van der Waals surface area (Å²) in [6.45, 7) is 16.8. The zero-order valence-corrected chi connectivity index (χ0v) is 26.0. The number of allylic oxidation sites excluding steroid dienone is 1. The van der Waals surface area contributed by atoms with Crippen LogP contribution in [-0.4, -0.2) is 65.7 Å². The Morgan fingerprint density at radius 2 is 1.89 bits per heavy atom. The molecule has 2 saturated carbocycles. The lowest BCUT2D eigenvalue weighted by Gasteiger charge is -2.56. The number of carbonyl (C=O) groups is 2. The van der Waals surface area contributed by atoms with E-state index in [1.807, 2.05) is 26.8 Å². The Balaban J connectivity index is 2.28. The van der Waals surface area contributed by atoms with Gasteiger partial charge in [0.25, 0.3) is 0 Å². The van der Waals surface area contributed by atoms with Crippen molar-refractivity contribution in [1.82, 2.24) is 10.2 Å². The third-order valence-corrected chi connectivity index (χ3v) is 11.3. The summed E-state index contributed by atoms with van der Waals surface area (Å²) in [5.74, 6) is 0.468. The van der Waals surface area contributed by atoms with E-state index >= 15 is 0 Å². The van der Waals surface area contributed by atoms with Crippen molar-refractivity contribution in [1.29, 1.82) is 0 Å². The van der Waals surface area contributed by atoms with Crippen LogP contribution in [0.5, 0.6) is 0 Å². The van der Waals surface area contributed by atoms with Gasteiger partial charge in [0.2, 0.25) is 5.91 Å². The smallest absolute Gasteiger partial charge is 0.223 e. The first-order valence-corrected chi connectivity index (χ1v) is 15.0. The van der Waals surface area contributed by atoms with Gasteiger partial charge in [-0.25, -0.2) is 0 Å². The number of Topliss-reactive ketones (excluding diaryl/α,β-unsaturated/α-hetero) is 1. The predicted octanol–water partition coefficient (Wildman–Crippen LogP) is 5.22. The van der Waals surface area contributed by atoms with E-state index in [0.29, 0.717) is 18.6 Å². The molecular formula is C32H58N2O4. The molecule has 1 amide bonds. The van der Waals surface area contributed by atoms with Crippen LogP contribution in [0.3, 0.4) is 0 Å². The fourth-order valence-electron chi connectivity index (χ4n) is 7.92. The van der Waals surface area contributed by atoms with Crippen molar-refractivity contribution < 1.29 is 19.8 Å². The number of hydrogen-bond acceptors (Lipinski definition) is 5. The zero-order chi connectivity index (χ0) is 29.1. The Morgan fingerprint density at radius 3 is 2.42 bits per heavy atom. The van der Waals surface area contributed by atoms with E-state index in [2.05, 4.69) is 65.0 Å². The minimum Gasteiger partial charge on any atom is -0.396 e. The molecule has 6 nitrogen and oxygen atoms in total. The van der Waals surface area contributed by atoms with E-state index in [1.165, 1.54) is 0 Å². The second-order valence-corrected chi connectivity index (χ2v) is 13.8. The lowest BCUT2D eigenvalue weighted by atomic mass is 9.48. The van der Waals surface area contributed by atoms with Crippen LogP contribution < -0.4 is 5.32 Å². The number of aliphatic hydroxyl groups excluding tert-OH is 2. The minimum absolute atomic E-state index is 0.00865. The fourth-order valence-corrected chi connectivity index (χ4v) is 7.92. The van der Waals surface area contributed by atoms with Crippen molar-refractivity contribution in [3.05, 3.63) is 12.2 Å². The standard InChI is InChI=1S/C32H58N2O4/c1-11-13-16-27(33-29(38)21(3)12-2)30(6,20-35)17-14-15-24-22(4)25(36)18-32(8)28(23(5)34(9)10)26(37)19-31(24,32)7/h11,13,21-24,26-28,35,37H,12,14-20H2,1-10H3,(H,33,38)/b13-11+/t21?,22-,23+,24-,26-,27+,28+,30-,31+,32-/m1/s1. The maximum absolute atomic E-state index is 13.4. The molecule has 0 bridgehead atoms. The van der Waals surface area contributed by atoms with Crippen molar-refractivity contribution in [2.45, 2.75) is 119 Å². The van der Waals surface area contributed by atoms with Gasteiger partial charge in [-0.05, 0) is 76.8 Å². The lowest BCUT2D eigenvalue weighted by Crippen LogP contribution is -2.55. The molecule has 38 heavy (non-hydrogen) atoms. The van der Waals surface area contributed by atoms with E-state index < -0.39 is 11.5 Å². The first kappa shape index (κ1) is 33.0. The van der Waals surface area contributed by atoms with Gasteiger partial charge in [-0.15, -0.1) is 0 Å². The SMILES string of the molecule is C/C=C/C[C@H](NC(=O)C(C)CC)[C@@](C)(CO)CCC[C@@H]1[C@@H](C)C(=O)C[C@]2(C)[C@@H]([C@H](C)N(C)C)[C@H](O)C[C@@]12C. The van der Waals surface area contributed by atoms with Crippen LogP contribution in [0.1, 0.15) is 100 Å². The summed E-state index contributed by atoms with van der Waals surface area (Å²) in [6, 6.07) is 0.0213. The van der Waals surface area contributed by atoms with Gasteiger partial charge in [-0.2, -0.15) is 0 Å². The lowest BCUT2D eigenvalue weighted by molar-refractivity contribution is -0.146. The molecular weight excluding hydrogens is 476 g/mol. The number of carbonyl (C=O) groups excluding carboxylic acids is 2. The van der Waals surface area contributed by atoms with Crippen LogP contribution >= 0.6 is 0 Å². The van der Waals surface area contributed by atoms with Crippen LogP contribution in [-0.2, 0) is 9.59 Å². The molecule has 0 aromatic heterocycles. The molecule has 10 atom stereocenters. The number of aliphatic hydroxyl groups is 2. The number of rotatable bonds is 13. The summed E-state index contributed by atoms with van der Waals surface area (Å²) in [6.07, 6.45) is 8.85. The Morgan fingerprint density at radius 1 is 1.26 bits per heavy atom. The average Bonchev–Trinajstić information content (AvgIpc) is 3.06. The van der Waals surface area contributed by atoms with Gasteiger partial charge in [0.15, 0.2) is 0 Å². The van der Waals surface area contributed by atoms with E-state index in [0.717, 1.165) is 32.1 Å². The molecule has 6 heteroatoms. The van der Waals surface area contributed by atoms with Gasteiger partial charge in [0, 0.05) is 41.7 Å². The van der Waals surface area contributed by atoms with Gasteiger partial charge in [-0.3, -0.25) is 9.59 Å². The zero-order valence-electron chi connectivity index (χ0n) is 26.0. The largest absolute Gasteiger partial charge is 0.396 e. The Bertz CT molecular complexity index is 843. The topological polar surface area (TPSA) is 89.9 Å². The third kappa shape index (κ3) is 6.23. The molecule has 3 N–H and O–H groups in total. The van der Waals surface area contributed by atoms with Gasteiger partial charge in [0.1, 0.15) is 5.78 Å². The Kier molecular flexibility index (Phi) is 11.2. The van der Waals surface area contributed by atoms with Crippen LogP contribution in [0.2, 0.25) is 0 Å². The number of hydrogen-bond donors (Lipinski definition) is 3. The Hall–Kier alpha value is -1.24. The van der Waals surface area contributed by atoms with E-state index in [-0.39, 0.29) is 59.1 Å². The molecule has 0 heterocycles. The van der Waals surface area contributed by atoms with Crippen molar-refractivity contribution in [3.63, 3.8) is 0 Å². The molecule has 220 valence electrons. The number of nitrogens with zero attached hydrogens (tertiary/aromatic N) is 1. The minimum atomic E-state index is -0.466. The summed E-state index contributed by atoms with van der Waals surface area (Å²) in [5, 5.41) is 25.1. The van der Waals surface area contributed by atoms with Crippen LogP contribution in [0.4, 0.5) is 0 Å². The maximum atomic E-state index is 13.4. The number of nitrogens with one attached hydrogen (secondary N) is 1. The normalized spacial score (nSPS) is 35.7. The van der Waals surface area contributed by atoms with Gasteiger partial charge in [0.05, 0.1) is 12.7 Å². The molecule has 0 aliphatic heterocycles. The van der Waals surface area contributed by atoms with E-state index in [9.17, 15) is 19.8 Å². The fraction of sp³-hybridized carbons (Fsp3) is 0.875.